The number of carbonyl (C=O) groups is 2. The van der Waals surface area contributed by atoms with Crippen molar-refractivity contribution in [1.82, 2.24) is 0 Å². The fraction of sp³-hybridized carbons (Fsp3) is 0.821. The van der Waals surface area contributed by atoms with E-state index < -0.39 is 26.5 Å². The van der Waals surface area contributed by atoms with Gasteiger partial charge in [0.25, 0.3) is 0 Å². The molecule has 9 nitrogen and oxygen atoms in total. The summed E-state index contributed by atoms with van der Waals surface area (Å²) in [5.41, 5.74) is 0. The van der Waals surface area contributed by atoms with E-state index in [0.717, 1.165) is 83.5 Å². The highest BCUT2D eigenvalue weighted by Crippen LogP contribution is 2.43. The molecule has 0 bridgehead atoms. The number of nitrogens with zero attached hydrogens (tertiary/aromatic N) is 1. The molecular weight excluding hydrogens is 1110 g/mol. The van der Waals surface area contributed by atoms with Crippen LogP contribution in [0.5, 0.6) is 0 Å². The van der Waals surface area contributed by atoms with E-state index in [2.05, 4.69) is 86.8 Å². The number of phosphoric ester groups is 1. The van der Waals surface area contributed by atoms with E-state index in [1.807, 2.05) is 21.1 Å². The average Bonchev–Trinajstić information content (AvgIpc) is 3.68. The van der Waals surface area contributed by atoms with Crippen LogP contribution < -0.4 is 0 Å². The summed E-state index contributed by atoms with van der Waals surface area (Å²) in [5.74, 6) is -0.816. The Morgan fingerprint density at radius 2 is 0.648 bits per heavy atom. The van der Waals surface area contributed by atoms with Crippen molar-refractivity contribution < 1.29 is 42.1 Å². The van der Waals surface area contributed by atoms with Gasteiger partial charge in [0.15, 0.2) is 6.10 Å². The number of quaternary nitrogens is 1. The molecule has 2 unspecified atom stereocenters. The Bertz CT molecular complexity index is 1710. The molecule has 0 saturated carbocycles. The predicted molar refractivity (Wildman–Crippen MR) is 381 cm³/mol. The molecule has 88 heavy (non-hydrogen) atoms. The number of allylic oxidation sites excluding steroid dienone is 12. The van der Waals surface area contributed by atoms with E-state index in [9.17, 15) is 19.0 Å². The van der Waals surface area contributed by atoms with Crippen molar-refractivity contribution in [3.8, 4) is 0 Å². The van der Waals surface area contributed by atoms with Crippen LogP contribution >= 0.6 is 7.82 Å². The number of carbonyl (C=O) groups excluding carboxylic acids is 2. The maximum atomic E-state index is 12.9. The van der Waals surface area contributed by atoms with Gasteiger partial charge in [-0.15, -0.1) is 0 Å². The number of ether oxygens (including phenoxy) is 2. The van der Waals surface area contributed by atoms with Crippen LogP contribution in [0.1, 0.15) is 361 Å². The number of esters is 2. The van der Waals surface area contributed by atoms with Gasteiger partial charge in [-0.1, -0.05) is 356 Å². The minimum Gasteiger partial charge on any atom is -0.462 e. The molecule has 10 heteroatoms. The van der Waals surface area contributed by atoms with Gasteiger partial charge >= 0.3 is 19.8 Å². The Labute approximate surface area is 546 Å². The van der Waals surface area contributed by atoms with Crippen LogP contribution in [-0.2, 0) is 32.7 Å². The molecule has 514 valence electrons. The Morgan fingerprint density at radius 3 is 0.966 bits per heavy atom. The summed E-state index contributed by atoms with van der Waals surface area (Å²) in [5, 5.41) is 0. The first-order valence-electron chi connectivity index (χ1n) is 37.7. The molecule has 0 saturated heterocycles. The van der Waals surface area contributed by atoms with Crippen molar-refractivity contribution in [3.63, 3.8) is 0 Å². The summed E-state index contributed by atoms with van der Waals surface area (Å²) in [4.78, 5) is 35.9. The minimum absolute atomic E-state index is 0.0244. The summed E-state index contributed by atoms with van der Waals surface area (Å²) in [7, 11) is 1.46. The summed E-state index contributed by atoms with van der Waals surface area (Å²) >= 11 is 0. The van der Waals surface area contributed by atoms with Gasteiger partial charge in [0.1, 0.15) is 19.8 Å². The van der Waals surface area contributed by atoms with Gasteiger partial charge in [0.05, 0.1) is 27.7 Å². The normalized spacial score (nSPS) is 13.5. The predicted octanol–water partition coefficient (Wildman–Crippen LogP) is 24.7. The van der Waals surface area contributed by atoms with Gasteiger partial charge in [0, 0.05) is 12.8 Å². The molecule has 0 amide bonds. The topological polar surface area (TPSA) is 108 Å². The fourth-order valence-corrected chi connectivity index (χ4v) is 11.8. The smallest absolute Gasteiger partial charge is 0.462 e. The van der Waals surface area contributed by atoms with Gasteiger partial charge in [-0.2, -0.15) is 0 Å². The van der Waals surface area contributed by atoms with E-state index in [1.165, 1.54) is 244 Å². The maximum Gasteiger partial charge on any atom is 0.472 e. The SMILES string of the molecule is CC/C=C\C/C=C\C/C=C\C/C=C\C/C=C\C/C=C\CCCCCCC(=O)OC(COC(=O)CCCCCCCCCCCCCCCCCCCCCCCCCCCCCCCCCCCCCCCCCCC)COP(=O)(O)OCC[N+](C)(C)C. The lowest BCUT2D eigenvalue weighted by molar-refractivity contribution is -0.870. The molecule has 0 heterocycles. The van der Waals surface area contributed by atoms with Crippen LogP contribution in [0, 0.1) is 0 Å². The summed E-state index contributed by atoms with van der Waals surface area (Å²) in [6.45, 7) is 4.33. The van der Waals surface area contributed by atoms with E-state index in [0.29, 0.717) is 17.4 Å². The molecule has 0 rings (SSSR count). The van der Waals surface area contributed by atoms with Crippen LogP contribution in [0.3, 0.4) is 0 Å². The molecule has 0 aromatic heterocycles. The van der Waals surface area contributed by atoms with Gasteiger partial charge in [-0.05, 0) is 64.2 Å². The lowest BCUT2D eigenvalue weighted by Crippen LogP contribution is -2.37. The first-order valence-corrected chi connectivity index (χ1v) is 39.2. The highest BCUT2D eigenvalue weighted by Gasteiger charge is 2.27. The maximum absolute atomic E-state index is 12.9. The van der Waals surface area contributed by atoms with Crippen LogP contribution in [0.25, 0.3) is 0 Å². The highest BCUT2D eigenvalue weighted by molar-refractivity contribution is 7.47. The second-order valence-electron chi connectivity index (χ2n) is 26.7. The van der Waals surface area contributed by atoms with Crippen LogP contribution in [0.4, 0.5) is 0 Å². The Hall–Kier alpha value is -2.55. The van der Waals surface area contributed by atoms with Crippen molar-refractivity contribution in [3.05, 3.63) is 72.9 Å². The molecule has 1 N–H and O–H groups in total. The van der Waals surface area contributed by atoms with Crippen molar-refractivity contribution in [1.29, 1.82) is 0 Å². The lowest BCUT2D eigenvalue weighted by Gasteiger charge is -2.24. The Balaban J connectivity index is 3.91. The first-order chi connectivity index (χ1) is 43.0. The van der Waals surface area contributed by atoms with Gasteiger partial charge in [-0.3, -0.25) is 18.6 Å². The van der Waals surface area contributed by atoms with Crippen molar-refractivity contribution in [2.24, 2.45) is 0 Å². The molecule has 0 aromatic carbocycles. The van der Waals surface area contributed by atoms with Crippen molar-refractivity contribution in [2.45, 2.75) is 367 Å². The second-order valence-corrected chi connectivity index (χ2v) is 28.1. The third kappa shape index (κ3) is 72.5. The number of rotatable bonds is 70. The zero-order chi connectivity index (χ0) is 64.1. The molecule has 0 aliphatic carbocycles. The van der Waals surface area contributed by atoms with Crippen molar-refractivity contribution >= 4 is 19.8 Å². The summed E-state index contributed by atoms with van der Waals surface area (Å²) < 4.78 is 34.7. The largest absolute Gasteiger partial charge is 0.472 e. The quantitative estimate of drug-likeness (QED) is 0.0211. The molecule has 0 fully saturated rings. The molecule has 0 radical (unpaired) electrons. The van der Waals surface area contributed by atoms with Gasteiger partial charge < -0.3 is 18.9 Å². The number of hydrogen-bond acceptors (Lipinski definition) is 7. The molecular formula is C78H145NO8P+. The van der Waals surface area contributed by atoms with E-state index in [4.69, 9.17) is 18.5 Å². The van der Waals surface area contributed by atoms with Gasteiger partial charge in [-0.25, -0.2) is 4.57 Å². The second kappa shape index (κ2) is 68.8. The van der Waals surface area contributed by atoms with Crippen molar-refractivity contribution in [2.75, 3.05) is 47.5 Å². The number of hydrogen-bond donors (Lipinski definition) is 1. The molecule has 0 aromatic rings. The van der Waals surface area contributed by atoms with E-state index in [-0.39, 0.29) is 32.0 Å². The van der Waals surface area contributed by atoms with Gasteiger partial charge in [0.2, 0.25) is 0 Å². The molecule has 0 aliphatic heterocycles. The number of phosphoric acid groups is 1. The summed E-state index contributed by atoms with van der Waals surface area (Å²) in [6.07, 6.45) is 93.4. The monoisotopic (exact) mass is 1260 g/mol. The van der Waals surface area contributed by atoms with E-state index >= 15 is 0 Å². The standard InChI is InChI=1S/C78H144NO8P/c1-6-8-10-12-14-16-18-20-22-24-26-28-30-31-32-33-34-35-36-37-38-39-40-41-42-43-44-45-46-47-49-50-52-54-56-58-60-62-64-66-68-70-77(80)84-74-76(75-86-88(82,83)85-73-72-79(3,4)5)87-78(81)71-69-67-65-63-61-59-57-55-53-51-48-29-27-25-23-21-19-17-15-13-11-9-7-2/h9,11,15,17,21,23,27,29,51,53,57,59,76H,6-8,10,12-14,16,18-20,22,24-26,28,30-50,52,54-56,58,60-75H2,1-5H3/p+1/b11-9-,17-15-,23-21-,29-27-,53-51-,59-57-. The number of unbranched alkanes of at least 4 members (excludes halogenated alkanes) is 44. The highest BCUT2D eigenvalue weighted by atomic mass is 31.2. The third-order valence-electron chi connectivity index (χ3n) is 16.8. The Kier molecular flexibility index (Phi) is 66.8. The van der Waals surface area contributed by atoms with Crippen LogP contribution in [-0.4, -0.2) is 74.9 Å². The minimum atomic E-state index is -4.40. The first kappa shape index (κ1) is 85.5. The Morgan fingerprint density at radius 1 is 0.364 bits per heavy atom. The van der Waals surface area contributed by atoms with Crippen LogP contribution in [0.2, 0.25) is 0 Å². The third-order valence-corrected chi connectivity index (χ3v) is 17.7. The molecule has 0 aliphatic rings. The summed E-state index contributed by atoms with van der Waals surface area (Å²) in [6, 6.07) is 0. The van der Waals surface area contributed by atoms with E-state index in [1.54, 1.807) is 0 Å². The van der Waals surface area contributed by atoms with Crippen LogP contribution in [0.15, 0.2) is 72.9 Å². The fourth-order valence-electron chi connectivity index (χ4n) is 11.0. The zero-order valence-electron chi connectivity index (χ0n) is 58.7. The zero-order valence-corrected chi connectivity index (χ0v) is 59.6. The molecule has 2 atom stereocenters. The number of likely N-dealkylation sites (N-methyl/N-ethyl adjacent to an activating group) is 1. The lowest BCUT2D eigenvalue weighted by atomic mass is 10.0. The molecule has 0 spiro atoms. The average molecular weight is 1260 g/mol.